The van der Waals surface area contributed by atoms with Crippen LogP contribution in [0.15, 0.2) is 20.1 Å². The Balaban J connectivity index is 2.28. The van der Waals surface area contributed by atoms with Gasteiger partial charge < -0.3 is 0 Å². The molecular formula is C10H6Cl6. The van der Waals surface area contributed by atoms with Crippen LogP contribution < -0.4 is 0 Å². The van der Waals surface area contributed by atoms with E-state index in [1.54, 1.807) is 0 Å². The van der Waals surface area contributed by atoms with Crippen LogP contribution in [0, 0.1) is 17.8 Å². The fourth-order valence-corrected chi connectivity index (χ4v) is 5.84. The molecule has 88 valence electrons. The van der Waals surface area contributed by atoms with Crippen LogP contribution in [0.3, 0.4) is 0 Å². The molecule has 0 aromatic heterocycles. The summed E-state index contributed by atoms with van der Waals surface area (Å²) in [5.41, 5.74) is 0. The summed E-state index contributed by atoms with van der Waals surface area (Å²) in [4.78, 5) is -0.942. The highest BCUT2D eigenvalue weighted by Gasteiger charge is 2.65. The quantitative estimate of drug-likeness (QED) is 0.530. The maximum absolute atomic E-state index is 6.54. The third-order valence-electron chi connectivity index (χ3n) is 3.84. The maximum Gasteiger partial charge on any atom is 0.121 e. The van der Waals surface area contributed by atoms with Gasteiger partial charge in [0.15, 0.2) is 0 Å². The molecule has 0 radical (unpaired) electrons. The van der Waals surface area contributed by atoms with Crippen molar-refractivity contribution in [1.29, 1.82) is 0 Å². The van der Waals surface area contributed by atoms with Crippen LogP contribution in [0.4, 0.5) is 0 Å². The predicted octanol–water partition coefficient (Wildman–Crippen LogP) is 5.23. The van der Waals surface area contributed by atoms with Gasteiger partial charge in [0.25, 0.3) is 0 Å². The molecule has 6 heteroatoms. The molecule has 0 amide bonds. The van der Waals surface area contributed by atoms with E-state index in [0.717, 1.165) is 6.42 Å². The fraction of sp³-hybridized carbons (Fsp3) is 0.600. The first-order valence-corrected chi connectivity index (χ1v) is 7.17. The van der Waals surface area contributed by atoms with Gasteiger partial charge in [0.2, 0.25) is 0 Å². The summed E-state index contributed by atoms with van der Waals surface area (Å²) >= 11 is 37.7. The molecule has 3 aliphatic rings. The summed E-state index contributed by atoms with van der Waals surface area (Å²) in [6.07, 6.45) is 0.735. The molecule has 4 bridgehead atoms. The van der Waals surface area contributed by atoms with Crippen molar-refractivity contribution in [3.63, 3.8) is 0 Å². The van der Waals surface area contributed by atoms with E-state index in [9.17, 15) is 0 Å². The van der Waals surface area contributed by atoms with Gasteiger partial charge in [-0.2, -0.15) is 0 Å². The Morgan fingerprint density at radius 1 is 0.938 bits per heavy atom. The highest BCUT2D eigenvalue weighted by Crippen LogP contribution is 2.69. The van der Waals surface area contributed by atoms with Crippen molar-refractivity contribution in [2.45, 2.75) is 16.7 Å². The van der Waals surface area contributed by atoms with Gasteiger partial charge in [0.1, 0.15) is 4.87 Å². The average molecular weight is 339 g/mol. The van der Waals surface area contributed by atoms with Gasteiger partial charge in [-0.15, -0.1) is 23.2 Å². The van der Waals surface area contributed by atoms with Gasteiger partial charge in [-0.25, -0.2) is 0 Å². The molecular weight excluding hydrogens is 333 g/mol. The van der Waals surface area contributed by atoms with Crippen LogP contribution in [0.1, 0.15) is 6.42 Å². The monoisotopic (exact) mass is 336 g/mol. The van der Waals surface area contributed by atoms with Gasteiger partial charge in [0, 0.05) is 27.3 Å². The Labute approximate surface area is 123 Å². The Hall–Kier alpha value is 1.22. The molecule has 3 aliphatic carbocycles. The lowest BCUT2D eigenvalue weighted by atomic mass is 9.81. The molecule has 0 nitrogen and oxygen atoms in total. The molecule has 1 fully saturated rings. The fourth-order valence-electron chi connectivity index (χ4n) is 3.13. The lowest BCUT2D eigenvalue weighted by Gasteiger charge is -2.34. The lowest BCUT2D eigenvalue weighted by molar-refractivity contribution is 0.386. The second-order valence-electron chi connectivity index (χ2n) is 4.45. The van der Waals surface area contributed by atoms with E-state index in [4.69, 9.17) is 69.6 Å². The Kier molecular flexibility index (Phi) is 2.77. The van der Waals surface area contributed by atoms with E-state index in [0.29, 0.717) is 20.1 Å². The summed E-state index contributed by atoms with van der Waals surface area (Å²) in [6, 6.07) is 0. The average Bonchev–Trinajstić information content (AvgIpc) is 2.64. The van der Waals surface area contributed by atoms with Gasteiger partial charge in [0.05, 0.1) is 10.1 Å². The van der Waals surface area contributed by atoms with E-state index in [1.807, 2.05) is 0 Å². The molecule has 0 heterocycles. The number of allylic oxidation sites excluding steroid dienone is 4. The second kappa shape index (κ2) is 3.62. The first-order valence-electron chi connectivity index (χ1n) is 4.85. The number of halogens is 6. The van der Waals surface area contributed by atoms with Crippen LogP contribution in [0.5, 0.6) is 0 Å². The van der Waals surface area contributed by atoms with Crippen molar-refractivity contribution >= 4 is 69.6 Å². The second-order valence-corrected chi connectivity index (χ2v) is 7.17. The van der Waals surface area contributed by atoms with Crippen LogP contribution in [0.25, 0.3) is 0 Å². The van der Waals surface area contributed by atoms with Crippen molar-refractivity contribution in [3.8, 4) is 0 Å². The van der Waals surface area contributed by atoms with Crippen LogP contribution >= 0.6 is 69.6 Å². The van der Waals surface area contributed by atoms with Crippen molar-refractivity contribution in [2.24, 2.45) is 17.8 Å². The molecule has 0 aromatic rings. The molecule has 0 aliphatic heterocycles. The van der Waals surface area contributed by atoms with Crippen molar-refractivity contribution in [2.75, 3.05) is 0 Å². The van der Waals surface area contributed by atoms with Gasteiger partial charge >= 0.3 is 0 Å². The minimum atomic E-state index is -0.942. The molecule has 3 rings (SSSR count). The smallest absolute Gasteiger partial charge is 0.121 e. The highest BCUT2D eigenvalue weighted by molar-refractivity contribution is 6.53. The zero-order valence-corrected chi connectivity index (χ0v) is 12.3. The third kappa shape index (κ3) is 1.17. The number of alkyl halides is 2. The zero-order valence-electron chi connectivity index (χ0n) is 7.78. The van der Waals surface area contributed by atoms with Gasteiger partial charge in [-0.05, 0) is 12.3 Å². The topological polar surface area (TPSA) is 0 Å². The van der Waals surface area contributed by atoms with Crippen LogP contribution in [-0.4, -0.2) is 10.3 Å². The minimum absolute atomic E-state index is 0.0316. The normalized spacial score (nSPS) is 50.6. The SMILES string of the molecule is ClC1=C(Cl)[C@]2(Cl)C(Cl)=C(Cl)[C@H]3[C@@H]1[C@H](Cl)C[C@H]32. The molecule has 5 atom stereocenters. The van der Waals surface area contributed by atoms with Gasteiger partial charge in [-0.1, -0.05) is 46.4 Å². The zero-order chi connectivity index (χ0) is 11.8. The number of hydrogen-bond donors (Lipinski definition) is 0. The number of rotatable bonds is 0. The lowest BCUT2D eigenvalue weighted by Crippen LogP contribution is -2.35. The Morgan fingerprint density at radius 2 is 1.44 bits per heavy atom. The molecule has 0 saturated heterocycles. The summed E-state index contributed by atoms with van der Waals surface area (Å²) < 4.78 is 0. The highest BCUT2D eigenvalue weighted by atomic mass is 35.5. The van der Waals surface area contributed by atoms with Crippen molar-refractivity contribution in [3.05, 3.63) is 20.1 Å². The van der Waals surface area contributed by atoms with E-state index in [1.165, 1.54) is 0 Å². The molecule has 0 spiro atoms. The largest absolute Gasteiger partial charge is 0.122 e. The van der Waals surface area contributed by atoms with E-state index >= 15 is 0 Å². The van der Waals surface area contributed by atoms with E-state index in [2.05, 4.69) is 0 Å². The minimum Gasteiger partial charge on any atom is -0.122 e. The Morgan fingerprint density at radius 3 is 2.00 bits per heavy atom. The van der Waals surface area contributed by atoms with Crippen LogP contribution in [-0.2, 0) is 0 Å². The number of hydrogen-bond acceptors (Lipinski definition) is 0. The van der Waals surface area contributed by atoms with Crippen molar-refractivity contribution < 1.29 is 0 Å². The van der Waals surface area contributed by atoms with E-state index in [-0.39, 0.29) is 23.1 Å². The van der Waals surface area contributed by atoms with Crippen molar-refractivity contribution in [1.82, 2.24) is 0 Å². The molecule has 0 unspecified atom stereocenters. The predicted molar refractivity (Wildman–Crippen MR) is 70.8 cm³/mol. The molecule has 0 aromatic carbocycles. The molecule has 1 saturated carbocycles. The molecule has 0 N–H and O–H groups in total. The summed E-state index contributed by atoms with van der Waals surface area (Å²) in [7, 11) is 0. The standard InChI is InChI=1S/C10H6Cl6/c11-3-1-2-4-5(3)7(13)9(15)10(2,16)8(14)6(4)12/h2-5H,1H2/t2-,3-,4-,5+,10-/m1/s1. The third-order valence-corrected chi connectivity index (χ3v) is 7.22. The van der Waals surface area contributed by atoms with Gasteiger partial charge in [-0.3, -0.25) is 0 Å². The summed E-state index contributed by atoms with van der Waals surface area (Å²) in [5, 5.41) is 1.83. The first kappa shape index (κ1) is 12.3. The molecule has 16 heavy (non-hydrogen) atoms. The maximum atomic E-state index is 6.54. The Bertz CT molecular complexity index is 439. The van der Waals surface area contributed by atoms with E-state index < -0.39 is 4.87 Å². The summed E-state index contributed by atoms with van der Waals surface area (Å²) in [6.45, 7) is 0. The first-order chi connectivity index (χ1) is 7.40. The summed E-state index contributed by atoms with van der Waals surface area (Å²) in [5.74, 6) is 0.0530. The van der Waals surface area contributed by atoms with Crippen LogP contribution in [0.2, 0.25) is 0 Å².